The molecular weight excluding hydrogens is 254 g/mol. The van der Waals surface area contributed by atoms with Gasteiger partial charge in [-0.3, -0.25) is 0 Å². The molecule has 0 aliphatic rings. The van der Waals surface area contributed by atoms with Crippen LogP contribution in [0.25, 0.3) is 0 Å². The van der Waals surface area contributed by atoms with Gasteiger partial charge in [0.2, 0.25) is 0 Å². The molecule has 0 fully saturated rings. The van der Waals surface area contributed by atoms with Crippen molar-refractivity contribution in [1.82, 2.24) is 0 Å². The number of phosphoric acid groups is 1. The molecule has 0 aliphatic heterocycles. The van der Waals surface area contributed by atoms with Crippen LogP contribution >= 0.6 is 7.82 Å². The van der Waals surface area contributed by atoms with Crippen molar-refractivity contribution in [1.29, 1.82) is 0 Å². The summed E-state index contributed by atoms with van der Waals surface area (Å²) in [6.07, 6.45) is 0. The molecule has 0 aromatic rings. The fraction of sp³-hybridized carbons (Fsp3) is 0.667. The summed E-state index contributed by atoms with van der Waals surface area (Å²) in [6, 6.07) is 0. The number of carboxylic acids is 1. The number of aliphatic carboxylic acids is 1. The summed E-state index contributed by atoms with van der Waals surface area (Å²) in [7, 11) is -4.72. The van der Waals surface area contributed by atoms with Crippen LogP contribution in [0.1, 0.15) is 0 Å². The number of rotatable bonds is 4. The number of phosphoric ester groups is 1. The summed E-state index contributed by atoms with van der Waals surface area (Å²) in [4.78, 5) is 26.5. The van der Waals surface area contributed by atoms with Gasteiger partial charge >= 0.3 is 75.5 Å². The van der Waals surface area contributed by atoms with Crippen LogP contribution in [0.15, 0.2) is 0 Å². The SMILES string of the molecule is O=C(O)C(O)([AsH2])COP(=O)(O)O. The zero-order valence-electron chi connectivity index (χ0n) is 5.75. The molecule has 2 unspecified atom stereocenters. The number of hydrogen-bond acceptors (Lipinski definition) is 4. The molecule has 7 nitrogen and oxygen atoms in total. The zero-order chi connectivity index (χ0) is 9.99. The summed E-state index contributed by atoms with van der Waals surface area (Å²) in [6.45, 7) is -0.938. The number of aliphatic hydroxyl groups is 1. The second-order valence-electron chi connectivity index (χ2n) is 1.99. The maximum atomic E-state index is 10.2. The predicted octanol–water partition coefficient (Wildman–Crippen LogP) is -2.50. The summed E-state index contributed by atoms with van der Waals surface area (Å²) in [5, 5.41) is 17.2. The Morgan fingerprint density at radius 2 is 2.00 bits per heavy atom. The molecule has 0 bridgehead atoms. The van der Waals surface area contributed by atoms with Crippen molar-refractivity contribution < 1.29 is 33.9 Å². The second-order valence-corrected chi connectivity index (χ2v) is 5.24. The first-order chi connectivity index (χ1) is 5.15. The first-order valence-electron chi connectivity index (χ1n) is 2.60. The van der Waals surface area contributed by atoms with Crippen LogP contribution in [0.4, 0.5) is 0 Å². The van der Waals surface area contributed by atoms with Crippen LogP contribution in [0, 0.1) is 0 Å². The minimum absolute atomic E-state index is 0.393. The van der Waals surface area contributed by atoms with Gasteiger partial charge in [-0.05, 0) is 0 Å². The van der Waals surface area contributed by atoms with Crippen LogP contribution in [0.3, 0.4) is 0 Å². The molecule has 0 rings (SSSR count). The van der Waals surface area contributed by atoms with E-state index in [1.807, 2.05) is 0 Å². The molecule has 0 saturated carbocycles. The van der Waals surface area contributed by atoms with Gasteiger partial charge in [0.25, 0.3) is 0 Å². The van der Waals surface area contributed by atoms with Gasteiger partial charge in [-0.1, -0.05) is 0 Å². The number of hydrogen-bond donors (Lipinski definition) is 4. The summed E-state index contributed by atoms with van der Waals surface area (Å²) in [5.41, 5.74) is 0. The molecule has 4 N–H and O–H groups in total. The molecule has 0 radical (unpaired) electrons. The predicted molar refractivity (Wildman–Crippen MR) is 39.1 cm³/mol. The zero-order valence-corrected chi connectivity index (χ0v) is 9.06. The Hall–Kier alpha value is 0.0984. The van der Waals surface area contributed by atoms with Crippen molar-refractivity contribution in [2.75, 3.05) is 6.61 Å². The molecule has 0 aromatic heterocycles. The average molecular weight is 262 g/mol. The number of carboxylic acid groups (broad SMARTS) is 1. The Balaban J connectivity index is 4.10. The van der Waals surface area contributed by atoms with Gasteiger partial charge in [0.05, 0.1) is 0 Å². The van der Waals surface area contributed by atoms with Crippen molar-refractivity contribution >= 4 is 30.6 Å². The second kappa shape index (κ2) is 3.87. The van der Waals surface area contributed by atoms with E-state index in [-0.39, 0.29) is 0 Å². The van der Waals surface area contributed by atoms with E-state index in [2.05, 4.69) is 4.52 Å². The molecule has 0 heterocycles. The van der Waals surface area contributed by atoms with Gasteiger partial charge < -0.3 is 0 Å². The molecule has 72 valence electrons. The molecule has 9 heteroatoms. The van der Waals surface area contributed by atoms with E-state index in [1.54, 1.807) is 0 Å². The molecule has 0 saturated heterocycles. The number of carbonyl (C=O) groups is 1. The van der Waals surface area contributed by atoms with E-state index in [1.165, 1.54) is 0 Å². The Morgan fingerprint density at radius 3 is 2.25 bits per heavy atom. The molecule has 0 amide bonds. The third kappa shape index (κ3) is 4.87. The standard InChI is InChI=1S/C3H8AsO7P/c4-3(7,2(5)6)1-11-12(8,9)10/h7H,1,4H2,(H,5,6)(H2,8,9,10). The van der Waals surface area contributed by atoms with Crippen molar-refractivity contribution in [2.24, 2.45) is 0 Å². The molecule has 0 spiro atoms. The van der Waals surface area contributed by atoms with Gasteiger partial charge in [-0.25, -0.2) is 0 Å². The summed E-state index contributed by atoms with van der Waals surface area (Å²) in [5.74, 6) is -1.59. The van der Waals surface area contributed by atoms with Gasteiger partial charge in [0.15, 0.2) is 0 Å². The topological polar surface area (TPSA) is 124 Å². The van der Waals surface area contributed by atoms with Crippen LogP contribution in [0.5, 0.6) is 0 Å². The first-order valence-corrected chi connectivity index (χ1v) is 5.34. The van der Waals surface area contributed by atoms with E-state index in [0.29, 0.717) is 16.9 Å². The summed E-state index contributed by atoms with van der Waals surface area (Å²) >= 11 is 0.393. The third-order valence-corrected chi connectivity index (χ3v) is 2.16. The van der Waals surface area contributed by atoms with Crippen molar-refractivity contribution in [3.8, 4) is 0 Å². The quantitative estimate of drug-likeness (QED) is 0.326. The normalized spacial score (nSPS) is 17.0. The Bertz CT molecular complexity index is 219. The third-order valence-electron chi connectivity index (χ3n) is 0.823. The molecular formula is C3H8AsO7P. The van der Waals surface area contributed by atoms with E-state index in [9.17, 15) is 9.36 Å². The van der Waals surface area contributed by atoms with Crippen LogP contribution in [0.2, 0.25) is 0 Å². The Labute approximate surface area is 76.1 Å². The van der Waals surface area contributed by atoms with E-state index in [0.717, 1.165) is 0 Å². The van der Waals surface area contributed by atoms with E-state index < -0.39 is 24.8 Å². The molecule has 0 aliphatic carbocycles. The fourth-order valence-electron chi connectivity index (χ4n) is 0.244. The minimum atomic E-state index is -4.72. The molecule has 2 atom stereocenters. The van der Waals surface area contributed by atoms with Crippen molar-refractivity contribution in [3.05, 3.63) is 0 Å². The molecule has 0 aromatic carbocycles. The van der Waals surface area contributed by atoms with E-state index >= 15 is 0 Å². The van der Waals surface area contributed by atoms with Gasteiger partial charge in [0.1, 0.15) is 0 Å². The van der Waals surface area contributed by atoms with E-state index in [4.69, 9.17) is 20.0 Å². The van der Waals surface area contributed by atoms with Crippen LogP contribution in [-0.4, -0.2) is 53.8 Å². The molecule has 12 heavy (non-hydrogen) atoms. The van der Waals surface area contributed by atoms with Gasteiger partial charge in [-0.2, -0.15) is 0 Å². The van der Waals surface area contributed by atoms with Gasteiger partial charge in [-0.15, -0.1) is 0 Å². The maximum absolute atomic E-state index is 10.2. The fourth-order valence-corrected chi connectivity index (χ4v) is 1.08. The van der Waals surface area contributed by atoms with Crippen LogP contribution < -0.4 is 0 Å². The monoisotopic (exact) mass is 262 g/mol. The van der Waals surface area contributed by atoms with Crippen molar-refractivity contribution in [3.63, 3.8) is 0 Å². The Morgan fingerprint density at radius 1 is 1.58 bits per heavy atom. The van der Waals surface area contributed by atoms with Crippen molar-refractivity contribution in [2.45, 2.75) is 4.39 Å². The summed E-state index contributed by atoms with van der Waals surface area (Å²) < 4.78 is 11.7. The van der Waals surface area contributed by atoms with Crippen LogP contribution in [-0.2, 0) is 13.9 Å². The first kappa shape index (κ1) is 12.1. The van der Waals surface area contributed by atoms with Gasteiger partial charge in [0, 0.05) is 0 Å². The Kier molecular flexibility index (Phi) is 3.90. The average Bonchev–Trinajstić information content (AvgIpc) is 1.82.